The molecule has 0 unspecified atom stereocenters. The molecule has 6 nitrogen and oxygen atoms in total. The van der Waals surface area contributed by atoms with Crippen LogP contribution >= 0.6 is 0 Å². The number of H-pyrrole nitrogens is 1. The first kappa shape index (κ1) is 13.8. The molecule has 2 aromatic rings. The van der Waals surface area contributed by atoms with Crippen LogP contribution in [0.25, 0.3) is 10.9 Å². The molecule has 0 spiro atoms. The molecule has 104 valence electrons. The van der Waals surface area contributed by atoms with Crippen molar-refractivity contribution in [3.05, 3.63) is 46.2 Å². The summed E-state index contributed by atoms with van der Waals surface area (Å²) in [7, 11) is 0. The third-order valence-corrected chi connectivity index (χ3v) is 2.83. The van der Waals surface area contributed by atoms with E-state index in [9.17, 15) is 14.4 Å². The molecule has 6 heteroatoms. The van der Waals surface area contributed by atoms with Crippen molar-refractivity contribution in [3.63, 3.8) is 0 Å². The third-order valence-electron chi connectivity index (χ3n) is 2.83. The fourth-order valence-corrected chi connectivity index (χ4v) is 1.86. The number of rotatable bonds is 5. The molecule has 0 aliphatic rings. The zero-order valence-corrected chi connectivity index (χ0v) is 10.7. The van der Waals surface area contributed by atoms with Gasteiger partial charge in [0.2, 0.25) is 0 Å². The third kappa shape index (κ3) is 3.23. The molecule has 0 atom stereocenters. The summed E-state index contributed by atoms with van der Waals surface area (Å²) in [6.45, 7) is 0.250. The zero-order valence-electron chi connectivity index (χ0n) is 10.7. The Bertz CT molecular complexity index is 706. The zero-order chi connectivity index (χ0) is 14.5. The average molecular weight is 274 g/mol. The highest BCUT2D eigenvalue weighted by atomic mass is 16.4. The standard InChI is InChI=1S/C14H14N2O4/c17-12-8-11(14(20)15-7-3-6-13(18)19)16-10-5-2-1-4-9(10)12/h1-2,4-5,8H,3,6-7H2,(H,15,20)(H,16,17)(H,18,19). The number of carbonyl (C=O) groups is 2. The summed E-state index contributed by atoms with van der Waals surface area (Å²) < 4.78 is 0. The number of aliphatic carboxylic acids is 1. The van der Waals surface area contributed by atoms with Gasteiger partial charge < -0.3 is 15.4 Å². The summed E-state index contributed by atoms with van der Waals surface area (Å²) in [6, 6.07) is 8.17. The summed E-state index contributed by atoms with van der Waals surface area (Å²) in [5.41, 5.74) is 0.537. The van der Waals surface area contributed by atoms with Crippen LogP contribution in [0.1, 0.15) is 23.3 Å². The van der Waals surface area contributed by atoms with Crippen molar-refractivity contribution < 1.29 is 14.7 Å². The highest BCUT2D eigenvalue weighted by Crippen LogP contribution is 2.07. The molecule has 1 aromatic heterocycles. The second kappa shape index (κ2) is 6.01. The van der Waals surface area contributed by atoms with Crippen LogP contribution in [0.2, 0.25) is 0 Å². The molecule has 2 rings (SSSR count). The van der Waals surface area contributed by atoms with Crippen molar-refractivity contribution in [3.8, 4) is 0 Å². The van der Waals surface area contributed by atoms with Gasteiger partial charge in [-0.2, -0.15) is 0 Å². The van der Waals surface area contributed by atoms with Gasteiger partial charge in [-0.3, -0.25) is 14.4 Å². The molecule has 0 radical (unpaired) electrons. The first-order chi connectivity index (χ1) is 9.58. The summed E-state index contributed by atoms with van der Waals surface area (Å²) in [5, 5.41) is 11.6. The van der Waals surface area contributed by atoms with E-state index >= 15 is 0 Å². The maximum atomic E-state index is 11.9. The highest BCUT2D eigenvalue weighted by Gasteiger charge is 2.09. The number of hydrogen-bond acceptors (Lipinski definition) is 3. The van der Waals surface area contributed by atoms with Crippen LogP contribution in [0.15, 0.2) is 35.1 Å². The van der Waals surface area contributed by atoms with Gasteiger partial charge in [0.15, 0.2) is 5.43 Å². The van der Waals surface area contributed by atoms with E-state index < -0.39 is 11.9 Å². The van der Waals surface area contributed by atoms with E-state index in [1.165, 1.54) is 6.07 Å². The van der Waals surface area contributed by atoms with Gasteiger partial charge in [-0.25, -0.2) is 0 Å². The van der Waals surface area contributed by atoms with Crippen molar-refractivity contribution in [2.24, 2.45) is 0 Å². The summed E-state index contributed by atoms with van der Waals surface area (Å²) in [4.78, 5) is 36.9. The van der Waals surface area contributed by atoms with Crippen LogP contribution in [-0.4, -0.2) is 28.5 Å². The number of benzene rings is 1. The number of aromatic amines is 1. The Morgan fingerprint density at radius 1 is 1.25 bits per heavy atom. The van der Waals surface area contributed by atoms with Gasteiger partial charge in [-0.05, 0) is 18.6 Å². The van der Waals surface area contributed by atoms with Crippen LogP contribution in [0.4, 0.5) is 0 Å². The number of fused-ring (bicyclic) bond motifs is 1. The van der Waals surface area contributed by atoms with E-state index in [1.807, 2.05) is 0 Å². The lowest BCUT2D eigenvalue weighted by atomic mass is 10.2. The minimum atomic E-state index is -0.904. The Balaban J connectivity index is 2.10. The van der Waals surface area contributed by atoms with Gasteiger partial charge >= 0.3 is 5.97 Å². The van der Waals surface area contributed by atoms with E-state index in [4.69, 9.17) is 5.11 Å². The highest BCUT2D eigenvalue weighted by molar-refractivity contribution is 5.94. The van der Waals surface area contributed by atoms with Gasteiger partial charge in [0.25, 0.3) is 5.91 Å². The average Bonchev–Trinajstić information content (AvgIpc) is 2.43. The lowest BCUT2D eigenvalue weighted by Crippen LogP contribution is -2.27. The Labute approximate surface area is 114 Å². The number of carboxylic acids is 1. The van der Waals surface area contributed by atoms with E-state index in [1.54, 1.807) is 24.3 Å². The lowest BCUT2D eigenvalue weighted by Gasteiger charge is -2.05. The summed E-state index contributed by atoms with van der Waals surface area (Å²) >= 11 is 0. The first-order valence-corrected chi connectivity index (χ1v) is 6.20. The summed E-state index contributed by atoms with van der Waals surface area (Å²) in [5.74, 6) is -1.32. The molecule has 0 bridgehead atoms. The minimum Gasteiger partial charge on any atom is -0.481 e. The Morgan fingerprint density at radius 2 is 2.00 bits per heavy atom. The number of pyridine rings is 1. The van der Waals surface area contributed by atoms with Gasteiger partial charge in [-0.1, -0.05) is 12.1 Å². The Kier molecular flexibility index (Phi) is 4.14. The van der Waals surface area contributed by atoms with Crippen molar-refractivity contribution >= 4 is 22.8 Å². The molecule has 0 saturated carbocycles. The number of nitrogens with one attached hydrogen (secondary N) is 2. The molecular weight excluding hydrogens is 260 g/mol. The van der Waals surface area contributed by atoms with Crippen LogP contribution in [0.5, 0.6) is 0 Å². The van der Waals surface area contributed by atoms with Crippen molar-refractivity contribution in [2.75, 3.05) is 6.54 Å². The molecular formula is C14H14N2O4. The maximum Gasteiger partial charge on any atom is 0.303 e. The number of para-hydroxylation sites is 1. The van der Waals surface area contributed by atoms with Crippen LogP contribution in [0, 0.1) is 0 Å². The molecule has 3 N–H and O–H groups in total. The molecule has 0 aliphatic heterocycles. The van der Waals surface area contributed by atoms with E-state index in [0.717, 1.165) is 0 Å². The van der Waals surface area contributed by atoms with Crippen molar-refractivity contribution in [2.45, 2.75) is 12.8 Å². The molecule has 1 heterocycles. The number of hydrogen-bond donors (Lipinski definition) is 3. The van der Waals surface area contributed by atoms with Gasteiger partial charge in [-0.15, -0.1) is 0 Å². The normalized spacial score (nSPS) is 10.4. The predicted octanol–water partition coefficient (Wildman–Crippen LogP) is 1.12. The van der Waals surface area contributed by atoms with Crippen LogP contribution in [-0.2, 0) is 4.79 Å². The fraction of sp³-hybridized carbons (Fsp3) is 0.214. The second-order valence-corrected chi connectivity index (χ2v) is 4.35. The SMILES string of the molecule is O=C(O)CCCNC(=O)c1cc(=O)c2ccccc2[nH]1. The molecule has 0 aliphatic carbocycles. The topological polar surface area (TPSA) is 99.3 Å². The largest absolute Gasteiger partial charge is 0.481 e. The van der Waals surface area contributed by atoms with Gasteiger partial charge in [0, 0.05) is 29.9 Å². The lowest BCUT2D eigenvalue weighted by molar-refractivity contribution is -0.137. The fourth-order valence-electron chi connectivity index (χ4n) is 1.86. The number of amides is 1. The van der Waals surface area contributed by atoms with E-state index in [2.05, 4.69) is 10.3 Å². The maximum absolute atomic E-state index is 11.9. The number of carboxylic acid groups (broad SMARTS) is 1. The minimum absolute atomic E-state index is 0.00544. The molecule has 0 saturated heterocycles. The van der Waals surface area contributed by atoms with Crippen molar-refractivity contribution in [1.29, 1.82) is 0 Å². The smallest absolute Gasteiger partial charge is 0.303 e. The quantitative estimate of drug-likeness (QED) is 0.711. The number of carbonyl (C=O) groups excluding carboxylic acids is 1. The van der Waals surface area contributed by atoms with Gasteiger partial charge in [0.1, 0.15) is 5.69 Å². The second-order valence-electron chi connectivity index (χ2n) is 4.35. The number of aromatic nitrogens is 1. The van der Waals surface area contributed by atoms with E-state index in [-0.39, 0.29) is 24.1 Å². The van der Waals surface area contributed by atoms with Crippen LogP contribution < -0.4 is 10.7 Å². The van der Waals surface area contributed by atoms with Gasteiger partial charge in [0.05, 0.1) is 0 Å². The first-order valence-electron chi connectivity index (χ1n) is 6.20. The van der Waals surface area contributed by atoms with E-state index in [0.29, 0.717) is 17.3 Å². The molecule has 20 heavy (non-hydrogen) atoms. The molecule has 1 amide bonds. The monoisotopic (exact) mass is 274 g/mol. The van der Waals surface area contributed by atoms with Crippen molar-refractivity contribution in [1.82, 2.24) is 10.3 Å². The molecule has 1 aromatic carbocycles. The summed E-state index contributed by atoms with van der Waals surface area (Å²) in [6.07, 6.45) is 0.341. The molecule has 0 fully saturated rings. The Hall–Kier alpha value is -2.63. The van der Waals surface area contributed by atoms with Crippen LogP contribution in [0.3, 0.4) is 0 Å². The Morgan fingerprint density at radius 3 is 2.75 bits per heavy atom. The predicted molar refractivity (Wildman–Crippen MR) is 73.8 cm³/mol.